The van der Waals surface area contributed by atoms with Crippen molar-refractivity contribution in [1.82, 2.24) is 0 Å². The lowest BCUT2D eigenvalue weighted by molar-refractivity contribution is 0.0992. The molecule has 0 N–H and O–H groups in total. The van der Waals surface area contributed by atoms with Gasteiger partial charge in [-0.1, -0.05) is 28.1 Å². The Morgan fingerprint density at radius 3 is 2.53 bits per heavy atom. The van der Waals surface area contributed by atoms with Crippen molar-refractivity contribution >= 4 is 21.7 Å². The summed E-state index contributed by atoms with van der Waals surface area (Å²) in [5.74, 6) is -0.244. The van der Waals surface area contributed by atoms with Gasteiger partial charge < -0.3 is 0 Å². The minimum Gasteiger partial charge on any atom is -0.294 e. The van der Waals surface area contributed by atoms with Crippen molar-refractivity contribution in [2.24, 2.45) is 0 Å². The summed E-state index contributed by atoms with van der Waals surface area (Å²) in [6, 6.07) is 10.2. The third kappa shape index (κ3) is 3.29. The summed E-state index contributed by atoms with van der Waals surface area (Å²) in [5.41, 5.74) is 3.42. The first-order valence-corrected chi connectivity index (χ1v) is 6.81. The van der Waals surface area contributed by atoms with E-state index in [9.17, 15) is 9.18 Å². The molecule has 0 amide bonds. The molecule has 0 heterocycles. The van der Waals surface area contributed by atoms with Crippen molar-refractivity contribution in [2.75, 3.05) is 0 Å². The monoisotopic (exact) mass is 320 g/mol. The third-order valence-electron chi connectivity index (χ3n) is 3.08. The zero-order chi connectivity index (χ0) is 14.0. The van der Waals surface area contributed by atoms with E-state index in [1.807, 2.05) is 32.0 Å². The Morgan fingerprint density at radius 2 is 1.89 bits per heavy atom. The summed E-state index contributed by atoms with van der Waals surface area (Å²) >= 11 is 3.41. The molecule has 3 heteroatoms. The molecule has 0 saturated heterocycles. The normalized spacial score (nSPS) is 10.5. The summed E-state index contributed by atoms with van der Waals surface area (Å²) in [6.45, 7) is 3.79. The number of benzene rings is 2. The van der Waals surface area contributed by atoms with Gasteiger partial charge in [-0.2, -0.15) is 0 Å². The Kier molecular flexibility index (Phi) is 4.15. The average molecular weight is 321 g/mol. The Labute approximate surface area is 120 Å². The molecule has 98 valence electrons. The highest BCUT2D eigenvalue weighted by Gasteiger charge is 2.12. The molecule has 19 heavy (non-hydrogen) atoms. The first kappa shape index (κ1) is 13.9. The van der Waals surface area contributed by atoms with Gasteiger partial charge in [0.2, 0.25) is 0 Å². The van der Waals surface area contributed by atoms with Crippen LogP contribution >= 0.6 is 15.9 Å². The Balaban J connectivity index is 2.25. The van der Waals surface area contributed by atoms with E-state index >= 15 is 0 Å². The lowest BCUT2D eigenvalue weighted by atomic mass is 9.99. The molecule has 0 aliphatic heterocycles. The van der Waals surface area contributed by atoms with E-state index in [4.69, 9.17) is 0 Å². The number of hydrogen-bond donors (Lipinski definition) is 0. The van der Waals surface area contributed by atoms with Crippen LogP contribution in [0.1, 0.15) is 27.0 Å². The predicted molar refractivity (Wildman–Crippen MR) is 78.1 cm³/mol. The molecule has 0 radical (unpaired) electrons. The number of ketones is 1. The molecule has 2 aromatic rings. The van der Waals surface area contributed by atoms with Gasteiger partial charge in [0.15, 0.2) is 5.78 Å². The highest BCUT2D eigenvalue weighted by molar-refractivity contribution is 9.10. The SMILES string of the molecule is Cc1ccc(C(=O)Cc2ccc(F)cc2C)c(Br)c1. The van der Waals surface area contributed by atoms with Crippen molar-refractivity contribution < 1.29 is 9.18 Å². The predicted octanol–water partition coefficient (Wildman–Crippen LogP) is 4.63. The molecular weight excluding hydrogens is 307 g/mol. The van der Waals surface area contributed by atoms with Gasteiger partial charge in [0.1, 0.15) is 5.82 Å². The highest BCUT2D eigenvalue weighted by atomic mass is 79.9. The van der Waals surface area contributed by atoms with Gasteiger partial charge >= 0.3 is 0 Å². The minimum absolute atomic E-state index is 0.0292. The minimum atomic E-state index is -0.273. The molecule has 0 unspecified atom stereocenters. The van der Waals surface area contributed by atoms with Gasteiger partial charge in [-0.15, -0.1) is 0 Å². The smallest absolute Gasteiger partial charge is 0.168 e. The van der Waals surface area contributed by atoms with Gasteiger partial charge in [0, 0.05) is 16.5 Å². The molecule has 0 atom stereocenters. The summed E-state index contributed by atoms with van der Waals surface area (Å²) in [4.78, 5) is 12.3. The van der Waals surface area contributed by atoms with Crippen LogP contribution in [0.4, 0.5) is 4.39 Å². The summed E-state index contributed by atoms with van der Waals surface area (Å²) in [5, 5.41) is 0. The average Bonchev–Trinajstić information content (AvgIpc) is 2.32. The van der Waals surface area contributed by atoms with Crippen LogP contribution in [0.15, 0.2) is 40.9 Å². The van der Waals surface area contributed by atoms with Gasteiger partial charge in [0.25, 0.3) is 0 Å². The number of Topliss-reactive ketones (excluding diaryl/α,β-unsaturated/α-hetero) is 1. The van der Waals surface area contributed by atoms with Crippen LogP contribution in [0.2, 0.25) is 0 Å². The largest absolute Gasteiger partial charge is 0.294 e. The van der Waals surface area contributed by atoms with E-state index in [-0.39, 0.29) is 18.0 Å². The highest BCUT2D eigenvalue weighted by Crippen LogP contribution is 2.21. The standard InChI is InChI=1S/C16H14BrFO/c1-10-3-6-14(15(17)7-10)16(19)9-12-4-5-13(18)8-11(12)2/h3-8H,9H2,1-2H3. The molecule has 0 bridgehead atoms. The number of carbonyl (C=O) groups excluding carboxylic acids is 1. The van der Waals surface area contributed by atoms with E-state index in [0.29, 0.717) is 5.56 Å². The molecule has 0 spiro atoms. The zero-order valence-corrected chi connectivity index (χ0v) is 12.4. The van der Waals surface area contributed by atoms with Crippen molar-refractivity contribution in [3.05, 3.63) is 68.9 Å². The zero-order valence-electron chi connectivity index (χ0n) is 10.8. The fourth-order valence-corrected chi connectivity index (χ4v) is 2.69. The second kappa shape index (κ2) is 5.66. The molecule has 2 aromatic carbocycles. The quantitative estimate of drug-likeness (QED) is 0.753. The Hall–Kier alpha value is -1.48. The lowest BCUT2D eigenvalue weighted by Crippen LogP contribution is -2.06. The number of rotatable bonds is 3. The molecule has 0 fully saturated rings. The van der Waals surface area contributed by atoms with Crippen LogP contribution in [-0.2, 0) is 6.42 Å². The molecule has 1 nitrogen and oxygen atoms in total. The number of hydrogen-bond acceptors (Lipinski definition) is 1. The number of halogens is 2. The molecule has 0 saturated carbocycles. The van der Waals surface area contributed by atoms with Crippen molar-refractivity contribution in [3.63, 3.8) is 0 Å². The van der Waals surface area contributed by atoms with Crippen LogP contribution in [0.5, 0.6) is 0 Å². The maximum absolute atomic E-state index is 13.0. The second-order valence-electron chi connectivity index (χ2n) is 4.65. The molecule has 0 aliphatic rings. The maximum Gasteiger partial charge on any atom is 0.168 e. The third-order valence-corrected chi connectivity index (χ3v) is 3.74. The number of carbonyl (C=O) groups is 1. The second-order valence-corrected chi connectivity index (χ2v) is 5.51. The van der Waals surface area contributed by atoms with Crippen LogP contribution in [0.25, 0.3) is 0 Å². The first-order valence-electron chi connectivity index (χ1n) is 6.02. The summed E-state index contributed by atoms with van der Waals surface area (Å²) in [6.07, 6.45) is 0.285. The van der Waals surface area contributed by atoms with Crippen LogP contribution < -0.4 is 0 Å². The van der Waals surface area contributed by atoms with Crippen molar-refractivity contribution in [1.29, 1.82) is 0 Å². The maximum atomic E-state index is 13.0. The molecule has 0 aliphatic carbocycles. The molecule has 0 aromatic heterocycles. The van der Waals surface area contributed by atoms with Crippen LogP contribution in [0.3, 0.4) is 0 Å². The molecule has 2 rings (SSSR count). The van der Waals surface area contributed by atoms with E-state index < -0.39 is 0 Å². The Morgan fingerprint density at radius 1 is 1.16 bits per heavy atom. The van der Waals surface area contributed by atoms with Crippen molar-refractivity contribution in [2.45, 2.75) is 20.3 Å². The summed E-state index contributed by atoms with van der Waals surface area (Å²) in [7, 11) is 0. The van der Waals surface area contributed by atoms with Crippen molar-refractivity contribution in [3.8, 4) is 0 Å². The summed E-state index contributed by atoms with van der Waals surface area (Å²) < 4.78 is 13.8. The van der Waals surface area contributed by atoms with Gasteiger partial charge in [-0.25, -0.2) is 4.39 Å². The molecular formula is C16H14BrFO. The van der Waals surface area contributed by atoms with E-state index in [1.165, 1.54) is 12.1 Å². The van der Waals surface area contributed by atoms with E-state index in [0.717, 1.165) is 21.2 Å². The van der Waals surface area contributed by atoms with Crippen LogP contribution in [-0.4, -0.2) is 5.78 Å². The first-order chi connectivity index (χ1) is 8.97. The topological polar surface area (TPSA) is 17.1 Å². The number of aryl methyl sites for hydroxylation is 2. The Bertz CT molecular complexity index is 635. The fourth-order valence-electron chi connectivity index (χ4n) is 1.97. The van der Waals surface area contributed by atoms with Crippen LogP contribution in [0, 0.1) is 19.7 Å². The van der Waals surface area contributed by atoms with Gasteiger partial charge in [0.05, 0.1) is 0 Å². The fraction of sp³-hybridized carbons (Fsp3) is 0.188. The van der Waals surface area contributed by atoms with E-state index in [2.05, 4.69) is 15.9 Å². The lowest BCUT2D eigenvalue weighted by Gasteiger charge is -2.07. The van der Waals surface area contributed by atoms with E-state index in [1.54, 1.807) is 6.07 Å². The van der Waals surface area contributed by atoms with Gasteiger partial charge in [-0.05, 0) is 54.8 Å². The van der Waals surface area contributed by atoms with Gasteiger partial charge in [-0.3, -0.25) is 4.79 Å².